The van der Waals surface area contributed by atoms with Crippen LogP contribution in [0.3, 0.4) is 0 Å². The molecule has 0 aromatic carbocycles. The van der Waals surface area contributed by atoms with Crippen molar-refractivity contribution in [3.8, 4) is 0 Å². The lowest BCUT2D eigenvalue weighted by atomic mass is 10.2. The molecule has 1 aromatic rings. The van der Waals surface area contributed by atoms with Crippen LogP contribution in [0.4, 0.5) is 15.9 Å². The standard InChI is InChI=1S/C10H11FN4O/c1-2-7-9(11)10(16)15(14-7)8-5-6(12)3-4-13-8/h3-5,9H,2H2,1H3,(H2,12,13)/t9-/m0/s1. The lowest BCUT2D eigenvalue weighted by Crippen LogP contribution is -2.29. The van der Waals surface area contributed by atoms with Crippen LogP contribution in [0.5, 0.6) is 0 Å². The molecule has 0 saturated heterocycles. The molecule has 0 spiro atoms. The van der Waals surface area contributed by atoms with E-state index in [0.717, 1.165) is 5.01 Å². The predicted molar refractivity (Wildman–Crippen MR) is 58.8 cm³/mol. The molecule has 1 aromatic heterocycles. The molecule has 2 N–H and O–H groups in total. The fraction of sp³-hybridized carbons (Fsp3) is 0.300. The van der Waals surface area contributed by atoms with Gasteiger partial charge in [0.25, 0.3) is 5.91 Å². The van der Waals surface area contributed by atoms with Crippen LogP contribution < -0.4 is 10.7 Å². The molecule has 6 heteroatoms. The fourth-order valence-corrected chi connectivity index (χ4v) is 1.44. The Balaban J connectivity index is 2.36. The number of carbonyl (C=O) groups excluding carboxylic acids is 1. The molecule has 0 saturated carbocycles. The van der Waals surface area contributed by atoms with Gasteiger partial charge in [-0.3, -0.25) is 4.79 Å². The van der Waals surface area contributed by atoms with Gasteiger partial charge in [0.1, 0.15) is 0 Å². The maximum absolute atomic E-state index is 13.4. The van der Waals surface area contributed by atoms with Crippen LogP contribution in [0, 0.1) is 0 Å². The first kappa shape index (κ1) is 10.5. The van der Waals surface area contributed by atoms with E-state index in [-0.39, 0.29) is 11.5 Å². The van der Waals surface area contributed by atoms with Crippen LogP contribution in [0.2, 0.25) is 0 Å². The van der Waals surface area contributed by atoms with Crippen molar-refractivity contribution in [2.24, 2.45) is 5.10 Å². The topological polar surface area (TPSA) is 71.6 Å². The maximum Gasteiger partial charge on any atom is 0.289 e. The second-order valence-electron chi connectivity index (χ2n) is 3.40. The zero-order chi connectivity index (χ0) is 11.7. The minimum absolute atomic E-state index is 0.217. The monoisotopic (exact) mass is 222 g/mol. The summed E-state index contributed by atoms with van der Waals surface area (Å²) < 4.78 is 13.4. The molecular formula is C10H11FN4O. The fourth-order valence-electron chi connectivity index (χ4n) is 1.44. The summed E-state index contributed by atoms with van der Waals surface area (Å²) in [5, 5.41) is 4.85. The van der Waals surface area contributed by atoms with E-state index in [1.54, 1.807) is 13.0 Å². The highest BCUT2D eigenvalue weighted by atomic mass is 19.1. The summed E-state index contributed by atoms with van der Waals surface area (Å²) in [7, 11) is 0. The Labute approximate surface area is 91.8 Å². The van der Waals surface area contributed by atoms with Crippen LogP contribution >= 0.6 is 0 Å². The zero-order valence-corrected chi connectivity index (χ0v) is 8.72. The number of halogens is 1. The number of anilines is 2. The zero-order valence-electron chi connectivity index (χ0n) is 8.72. The molecule has 1 atom stereocenters. The Morgan fingerprint density at radius 2 is 2.38 bits per heavy atom. The number of hydrogen-bond donors (Lipinski definition) is 1. The number of pyridine rings is 1. The third-order valence-corrected chi connectivity index (χ3v) is 2.30. The number of hydrazone groups is 1. The van der Waals surface area contributed by atoms with Crippen LogP contribution in [-0.2, 0) is 4.79 Å². The van der Waals surface area contributed by atoms with Crippen molar-refractivity contribution in [2.75, 3.05) is 10.7 Å². The van der Waals surface area contributed by atoms with E-state index in [1.165, 1.54) is 12.3 Å². The van der Waals surface area contributed by atoms with Gasteiger partial charge >= 0.3 is 0 Å². The van der Waals surface area contributed by atoms with Gasteiger partial charge in [-0.05, 0) is 12.5 Å². The third-order valence-electron chi connectivity index (χ3n) is 2.30. The SMILES string of the molecule is CCC1=NN(c2cc(N)ccn2)C(=O)[C@H]1F. The van der Waals surface area contributed by atoms with Crippen LogP contribution in [0.25, 0.3) is 0 Å². The van der Waals surface area contributed by atoms with E-state index >= 15 is 0 Å². The summed E-state index contributed by atoms with van der Waals surface area (Å²) in [6.45, 7) is 1.75. The Kier molecular flexibility index (Phi) is 2.55. The van der Waals surface area contributed by atoms with Crippen molar-refractivity contribution in [1.82, 2.24) is 4.98 Å². The summed E-state index contributed by atoms with van der Waals surface area (Å²) in [4.78, 5) is 15.5. The normalized spacial score (nSPS) is 20.1. The minimum Gasteiger partial charge on any atom is -0.399 e. The highest BCUT2D eigenvalue weighted by Crippen LogP contribution is 2.22. The molecule has 5 nitrogen and oxygen atoms in total. The molecule has 1 aliphatic rings. The first-order valence-corrected chi connectivity index (χ1v) is 4.90. The summed E-state index contributed by atoms with van der Waals surface area (Å²) in [5.41, 5.74) is 6.22. The lowest BCUT2D eigenvalue weighted by Gasteiger charge is -2.10. The van der Waals surface area contributed by atoms with Crippen LogP contribution in [0.15, 0.2) is 23.4 Å². The largest absolute Gasteiger partial charge is 0.399 e. The van der Waals surface area contributed by atoms with E-state index in [2.05, 4.69) is 10.1 Å². The molecule has 84 valence electrons. The van der Waals surface area contributed by atoms with Gasteiger partial charge in [-0.1, -0.05) is 6.92 Å². The van der Waals surface area contributed by atoms with Gasteiger partial charge < -0.3 is 5.73 Å². The molecule has 0 aliphatic carbocycles. The number of alkyl halides is 1. The minimum atomic E-state index is -1.66. The summed E-state index contributed by atoms with van der Waals surface area (Å²) >= 11 is 0. The Bertz CT molecular complexity index is 460. The van der Waals surface area contributed by atoms with E-state index in [0.29, 0.717) is 12.1 Å². The van der Waals surface area contributed by atoms with E-state index in [9.17, 15) is 9.18 Å². The van der Waals surface area contributed by atoms with Gasteiger partial charge in [-0.2, -0.15) is 10.1 Å². The molecule has 0 unspecified atom stereocenters. The molecule has 2 heterocycles. The molecule has 1 amide bonds. The first-order valence-electron chi connectivity index (χ1n) is 4.90. The van der Waals surface area contributed by atoms with E-state index in [4.69, 9.17) is 5.73 Å². The first-order chi connectivity index (χ1) is 7.63. The highest BCUT2D eigenvalue weighted by Gasteiger charge is 2.36. The molecule has 16 heavy (non-hydrogen) atoms. The van der Waals surface area contributed by atoms with Gasteiger partial charge in [0.15, 0.2) is 5.82 Å². The van der Waals surface area contributed by atoms with E-state index < -0.39 is 12.1 Å². The van der Waals surface area contributed by atoms with Crippen molar-refractivity contribution in [3.63, 3.8) is 0 Å². The Morgan fingerprint density at radius 1 is 1.62 bits per heavy atom. The molecule has 0 radical (unpaired) electrons. The molecule has 0 bridgehead atoms. The second-order valence-corrected chi connectivity index (χ2v) is 3.40. The maximum atomic E-state index is 13.4. The van der Waals surface area contributed by atoms with Crippen molar-refractivity contribution >= 4 is 23.1 Å². The molecule has 2 rings (SSSR count). The van der Waals surface area contributed by atoms with Crippen molar-refractivity contribution in [1.29, 1.82) is 0 Å². The number of carbonyl (C=O) groups is 1. The number of nitrogens with two attached hydrogens (primary N) is 1. The molecule has 1 aliphatic heterocycles. The van der Waals surface area contributed by atoms with E-state index in [1.807, 2.05) is 0 Å². The van der Waals surface area contributed by atoms with Crippen LogP contribution in [-0.4, -0.2) is 22.8 Å². The average molecular weight is 222 g/mol. The average Bonchev–Trinajstić information content (AvgIpc) is 2.56. The van der Waals surface area contributed by atoms with Gasteiger partial charge in [0.05, 0.1) is 5.71 Å². The Hall–Kier alpha value is -1.98. The summed E-state index contributed by atoms with van der Waals surface area (Å²) in [6.07, 6.45) is 0.185. The molecule has 0 fully saturated rings. The lowest BCUT2D eigenvalue weighted by molar-refractivity contribution is -0.120. The number of nitrogen functional groups attached to an aromatic ring is 1. The number of amides is 1. The smallest absolute Gasteiger partial charge is 0.289 e. The number of aromatic nitrogens is 1. The second kappa shape index (κ2) is 3.88. The quantitative estimate of drug-likeness (QED) is 0.814. The molecular weight excluding hydrogens is 211 g/mol. The van der Waals surface area contributed by atoms with Crippen molar-refractivity contribution in [2.45, 2.75) is 19.5 Å². The van der Waals surface area contributed by atoms with Gasteiger partial charge in [0.2, 0.25) is 6.17 Å². The number of nitrogens with zero attached hydrogens (tertiary/aromatic N) is 3. The van der Waals surface area contributed by atoms with Crippen LogP contribution in [0.1, 0.15) is 13.3 Å². The van der Waals surface area contributed by atoms with Gasteiger partial charge in [0, 0.05) is 18.0 Å². The summed E-state index contributed by atoms with van der Waals surface area (Å²) in [5.74, 6) is -0.467. The predicted octanol–water partition coefficient (Wildman–Crippen LogP) is 1.11. The summed E-state index contributed by atoms with van der Waals surface area (Å²) in [6, 6.07) is 3.06. The third kappa shape index (κ3) is 1.62. The Morgan fingerprint density at radius 3 is 2.94 bits per heavy atom. The van der Waals surface area contributed by atoms with Crippen molar-refractivity contribution < 1.29 is 9.18 Å². The number of rotatable bonds is 2. The highest BCUT2D eigenvalue weighted by molar-refractivity contribution is 6.17. The number of hydrogen-bond acceptors (Lipinski definition) is 4. The van der Waals surface area contributed by atoms with Crippen molar-refractivity contribution in [3.05, 3.63) is 18.3 Å². The van der Waals surface area contributed by atoms with Gasteiger partial charge in [-0.15, -0.1) is 0 Å². The van der Waals surface area contributed by atoms with Gasteiger partial charge in [-0.25, -0.2) is 9.37 Å².